The van der Waals surface area contributed by atoms with Gasteiger partial charge in [0.05, 0.1) is 5.92 Å². The number of halogens is 1. The molecule has 1 fully saturated rings. The van der Waals surface area contributed by atoms with Crippen molar-refractivity contribution in [2.45, 2.75) is 26.3 Å². The monoisotopic (exact) mass is 249 g/mol. The van der Waals surface area contributed by atoms with Crippen LogP contribution in [0.15, 0.2) is 0 Å². The summed E-state index contributed by atoms with van der Waals surface area (Å²) >= 11 is 0. The molecule has 1 amide bonds. The van der Waals surface area contributed by atoms with E-state index in [1.165, 1.54) is 0 Å². The van der Waals surface area contributed by atoms with Crippen molar-refractivity contribution in [3.05, 3.63) is 0 Å². The van der Waals surface area contributed by atoms with Crippen LogP contribution < -0.4 is 10.6 Å². The molecule has 1 saturated heterocycles. The highest BCUT2D eigenvalue weighted by Gasteiger charge is 2.24. The van der Waals surface area contributed by atoms with Crippen LogP contribution in [0.1, 0.15) is 20.3 Å². The van der Waals surface area contributed by atoms with Crippen molar-refractivity contribution in [1.82, 2.24) is 15.5 Å². The van der Waals surface area contributed by atoms with Gasteiger partial charge in [-0.25, -0.2) is 0 Å². The summed E-state index contributed by atoms with van der Waals surface area (Å²) in [4.78, 5) is 13.8. The molecule has 1 rings (SSSR count). The van der Waals surface area contributed by atoms with Gasteiger partial charge in [-0.1, -0.05) is 6.92 Å². The number of carbonyl (C=O) groups is 1. The third-order valence-corrected chi connectivity index (χ3v) is 3.26. The maximum atomic E-state index is 11.5. The number of rotatable bonds is 6. The van der Waals surface area contributed by atoms with E-state index in [4.69, 9.17) is 0 Å². The van der Waals surface area contributed by atoms with Gasteiger partial charge in [-0.15, -0.1) is 12.4 Å². The summed E-state index contributed by atoms with van der Waals surface area (Å²) in [6.45, 7) is 7.76. The molecule has 1 unspecified atom stereocenters. The minimum absolute atomic E-state index is 0. The van der Waals surface area contributed by atoms with E-state index >= 15 is 0 Å². The van der Waals surface area contributed by atoms with Crippen LogP contribution >= 0.6 is 12.4 Å². The molecule has 16 heavy (non-hydrogen) atoms. The molecule has 0 aromatic rings. The highest BCUT2D eigenvalue weighted by molar-refractivity contribution is 5.85. The fourth-order valence-electron chi connectivity index (χ4n) is 1.51. The Balaban J connectivity index is 0.00000225. The van der Waals surface area contributed by atoms with Crippen LogP contribution in [-0.4, -0.2) is 50.1 Å². The first-order valence-corrected chi connectivity index (χ1v) is 5.83. The number of amides is 1. The molecule has 0 bridgehead atoms. The molecule has 0 spiro atoms. The van der Waals surface area contributed by atoms with Crippen LogP contribution in [0.2, 0.25) is 0 Å². The fourth-order valence-corrected chi connectivity index (χ4v) is 1.51. The van der Waals surface area contributed by atoms with E-state index in [1.807, 2.05) is 0 Å². The maximum absolute atomic E-state index is 11.5. The summed E-state index contributed by atoms with van der Waals surface area (Å²) in [5.41, 5.74) is 0. The van der Waals surface area contributed by atoms with Crippen LogP contribution in [0.4, 0.5) is 0 Å². The maximum Gasteiger partial charge on any atom is 0.225 e. The van der Waals surface area contributed by atoms with E-state index < -0.39 is 0 Å². The lowest BCUT2D eigenvalue weighted by atomic mass is 10.0. The predicted octanol–water partition coefficient (Wildman–Crippen LogP) is 0.474. The number of carbonyl (C=O) groups excluding carboxylic acids is 1. The molecule has 0 aromatic carbocycles. The van der Waals surface area contributed by atoms with Crippen molar-refractivity contribution in [3.8, 4) is 0 Å². The predicted molar refractivity (Wildman–Crippen MR) is 69.0 cm³/mol. The average molecular weight is 250 g/mol. The molecule has 0 aliphatic carbocycles. The number of nitrogens with one attached hydrogen (secondary N) is 2. The summed E-state index contributed by atoms with van der Waals surface area (Å²) in [5.74, 6) is 0.408. The molecule has 1 heterocycles. The van der Waals surface area contributed by atoms with E-state index in [2.05, 4.69) is 36.4 Å². The second-order valence-corrected chi connectivity index (χ2v) is 4.38. The minimum atomic E-state index is 0. The molecule has 4 nitrogen and oxygen atoms in total. The highest BCUT2D eigenvalue weighted by atomic mass is 35.5. The Labute approximate surface area is 105 Å². The van der Waals surface area contributed by atoms with E-state index in [0.717, 1.165) is 32.6 Å². The Bertz CT molecular complexity index is 209. The summed E-state index contributed by atoms with van der Waals surface area (Å²) < 4.78 is 0. The normalized spacial score (nSPS) is 17.5. The average Bonchev–Trinajstić information content (AvgIpc) is 2.13. The van der Waals surface area contributed by atoms with E-state index in [1.54, 1.807) is 0 Å². The van der Waals surface area contributed by atoms with Gasteiger partial charge in [0.25, 0.3) is 0 Å². The van der Waals surface area contributed by atoms with Gasteiger partial charge in [-0.2, -0.15) is 0 Å². The number of hydrogen-bond donors (Lipinski definition) is 2. The quantitative estimate of drug-likeness (QED) is 0.720. The molecule has 2 N–H and O–H groups in total. The van der Waals surface area contributed by atoms with E-state index in [9.17, 15) is 4.79 Å². The number of hydrogen-bond acceptors (Lipinski definition) is 3. The summed E-state index contributed by atoms with van der Waals surface area (Å²) in [6, 6.07) is 0.590. The molecule has 1 aliphatic rings. The van der Waals surface area contributed by atoms with Gasteiger partial charge < -0.3 is 15.5 Å². The van der Waals surface area contributed by atoms with Gasteiger partial charge in [0.1, 0.15) is 0 Å². The molecule has 1 atom stereocenters. The number of nitrogens with zero attached hydrogens (tertiary/aromatic N) is 1. The molecule has 1 aliphatic heterocycles. The lowest BCUT2D eigenvalue weighted by Crippen LogP contribution is -2.51. The van der Waals surface area contributed by atoms with Crippen LogP contribution in [-0.2, 0) is 4.79 Å². The van der Waals surface area contributed by atoms with Gasteiger partial charge in [0.2, 0.25) is 5.91 Å². The topological polar surface area (TPSA) is 44.4 Å². The Hall–Kier alpha value is -0.320. The van der Waals surface area contributed by atoms with Crippen LogP contribution in [0.25, 0.3) is 0 Å². The summed E-state index contributed by atoms with van der Waals surface area (Å²) in [7, 11) is 2.10. The second kappa shape index (κ2) is 7.87. The first-order chi connectivity index (χ1) is 7.15. The Morgan fingerprint density at radius 3 is 2.62 bits per heavy atom. The Morgan fingerprint density at radius 2 is 2.19 bits per heavy atom. The van der Waals surface area contributed by atoms with Crippen molar-refractivity contribution >= 4 is 18.3 Å². The van der Waals surface area contributed by atoms with Crippen molar-refractivity contribution < 1.29 is 4.79 Å². The molecule has 0 saturated carbocycles. The SMILES string of the molecule is CCC(C)N(C)CCNC(=O)C1CNC1.Cl. The van der Waals surface area contributed by atoms with Crippen LogP contribution in [0, 0.1) is 5.92 Å². The van der Waals surface area contributed by atoms with E-state index in [0.29, 0.717) is 6.04 Å². The first kappa shape index (κ1) is 15.7. The zero-order chi connectivity index (χ0) is 11.3. The minimum Gasteiger partial charge on any atom is -0.354 e. The fraction of sp³-hybridized carbons (Fsp3) is 0.909. The third-order valence-electron chi connectivity index (χ3n) is 3.26. The largest absolute Gasteiger partial charge is 0.354 e. The molecule has 0 aromatic heterocycles. The molecule has 96 valence electrons. The molecule has 0 radical (unpaired) electrons. The zero-order valence-electron chi connectivity index (χ0n) is 10.5. The van der Waals surface area contributed by atoms with Gasteiger partial charge in [-0.3, -0.25) is 4.79 Å². The molecule has 5 heteroatoms. The summed E-state index contributed by atoms with van der Waals surface area (Å²) in [5, 5.41) is 6.07. The third kappa shape index (κ3) is 4.68. The van der Waals surface area contributed by atoms with Gasteiger partial charge in [0.15, 0.2) is 0 Å². The van der Waals surface area contributed by atoms with Gasteiger partial charge in [0, 0.05) is 32.2 Å². The van der Waals surface area contributed by atoms with Crippen molar-refractivity contribution in [2.24, 2.45) is 5.92 Å². The van der Waals surface area contributed by atoms with E-state index in [-0.39, 0.29) is 24.2 Å². The Morgan fingerprint density at radius 1 is 1.56 bits per heavy atom. The standard InChI is InChI=1S/C11H23N3O.ClH/c1-4-9(2)14(3)6-5-13-11(15)10-7-12-8-10;/h9-10,12H,4-8H2,1-3H3,(H,13,15);1H. The summed E-state index contributed by atoms with van der Waals surface area (Å²) in [6.07, 6.45) is 1.15. The van der Waals surface area contributed by atoms with Crippen molar-refractivity contribution in [2.75, 3.05) is 33.2 Å². The van der Waals surface area contributed by atoms with Crippen molar-refractivity contribution in [1.29, 1.82) is 0 Å². The Kier molecular flexibility index (Phi) is 7.72. The lowest BCUT2D eigenvalue weighted by molar-refractivity contribution is -0.126. The molecular formula is C11H24ClN3O. The zero-order valence-corrected chi connectivity index (χ0v) is 11.3. The molecular weight excluding hydrogens is 226 g/mol. The van der Waals surface area contributed by atoms with Gasteiger partial charge in [-0.05, 0) is 20.4 Å². The first-order valence-electron chi connectivity index (χ1n) is 5.83. The highest BCUT2D eigenvalue weighted by Crippen LogP contribution is 2.02. The van der Waals surface area contributed by atoms with Gasteiger partial charge >= 0.3 is 0 Å². The van der Waals surface area contributed by atoms with Crippen LogP contribution in [0.3, 0.4) is 0 Å². The number of likely N-dealkylation sites (N-methyl/N-ethyl adjacent to an activating group) is 1. The van der Waals surface area contributed by atoms with Crippen LogP contribution in [0.5, 0.6) is 0 Å². The second-order valence-electron chi connectivity index (χ2n) is 4.38. The van der Waals surface area contributed by atoms with Crippen molar-refractivity contribution in [3.63, 3.8) is 0 Å². The smallest absolute Gasteiger partial charge is 0.225 e. The lowest BCUT2D eigenvalue weighted by Gasteiger charge is -2.27.